The van der Waals surface area contributed by atoms with Crippen LogP contribution in [0.3, 0.4) is 0 Å². The zero-order valence-electron chi connectivity index (χ0n) is 15.7. The van der Waals surface area contributed by atoms with E-state index in [1.54, 1.807) is 0 Å². The Morgan fingerprint density at radius 1 is 0.935 bits per heavy atom. The summed E-state index contributed by atoms with van der Waals surface area (Å²) in [7, 11) is 0. The first-order valence-electron chi connectivity index (χ1n) is 8.59. The molecule has 0 fully saturated rings. The van der Waals surface area contributed by atoms with Gasteiger partial charge in [-0.05, 0) is 31.2 Å². The Hall–Kier alpha value is -3.31. The molecule has 0 heterocycles. The van der Waals surface area contributed by atoms with Crippen LogP contribution >= 0.6 is 0 Å². The standard InChI is InChI=1S/C19H15F7N2O3/c1-2-31-16(30)17(19(24,25)26,28-15(29)11-7-3-5-9-13(11)20)27-14-10-6-4-8-12(14)18(21,22)23/h3-10,27H,2H2,1H3,(H,28,29)/t17-/m0/s1. The number of amides is 1. The van der Waals surface area contributed by atoms with Crippen molar-refractivity contribution in [3.8, 4) is 0 Å². The molecule has 168 valence electrons. The van der Waals surface area contributed by atoms with E-state index in [2.05, 4.69) is 4.74 Å². The van der Waals surface area contributed by atoms with Crippen molar-refractivity contribution in [1.29, 1.82) is 0 Å². The van der Waals surface area contributed by atoms with Gasteiger partial charge in [-0.25, -0.2) is 9.18 Å². The number of carbonyl (C=O) groups excluding carboxylic acids is 2. The molecular formula is C19H15F7N2O3. The Kier molecular flexibility index (Phi) is 6.82. The van der Waals surface area contributed by atoms with Gasteiger partial charge < -0.3 is 15.4 Å². The molecule has 2 aromatic carbocycles. The van der Waals surface area contributed by atoms with Gasteiger partial charge in [0.2, 0.25) is 0 Å². The normalized spacial score (nSPS) is 13.8. The van der Waals surface area contributed by atoms with Gasteiger partial charge in [-0.2, -0.15) is 26.3 Å². The van der Waals surface area contributed by atoms with E-state index in [1.165, 1.54) is 10.6 Å². The zero-order chi connectivity index (χ0) is 23.4. The number of nitrogens with one attached hydrogen (secondary N) is 2. The second kappa shape index (κ2) is 8.82. The third kappa shape index (κ3) is 5.06. The number of hydrogen-bond acceptors (Lipinski definition) is 4. The number of benzene rings is 2. The maximum atomic E-state index is 14.1. The van der Waals surface area contributed by atoms with E-state index < -0.39 is 59.1 Å². The summed E-state index contributed by atoms with van der Waals surface area (Å²) in [6, 6.07) is 6.94. The molecule has 0 bridgehead atoms. The van der Waals surface area contributed by atoms with Crippen molar-refractivity contribution in [2.24, 2.45) is 0 Å². The highest BCUT2D eigenvalue weighted by Crippen LogP contribution is 2.39. The molecule has 0 radical (unpaired) electrons. The van der Waals surface area contributed by atoms with Gasteiger partial charge in [0.05, 0.1) is 17.7 Å². The summed E-state index contributed by atoms with van der Waals surface area (Å²) in [6.07, 6.45) is -10.8. The first-order valence-corrected chi connectivity index (χ1v) is 8.59. The molecule has 1 atom stereocenters. The predicted octanol–water partition coefficient (Wildman–Crippen LogP) is 4.51. The topological polar surface area (TPSA) is 67.4 Å². The molecule has 0 aromatic heterocycles. The van der Waals surface area contributed by atoms with E-state index in [0.717, 1.165) is 43.3 Å². The number of carbonyl (C=O) groups is 2. The van der Waals surface area contributed by atoms with Crippen LogP contribution in [0.25, 0.3) is 0 Å². The average Bonchev–Trinajstić information content (AvgIpc) is 2.66. The number of anilines is 1. The Morgan fingerprint density at radius 2 is 1.52 bits per heavy atom. The molecule has 0 saturated carbocycles. The number of rotatable bonds is 6. The number of para-hydroxylation sites is 1. The molecule has 0 unspecified atom stereocenters. The van der Waals surface area contributed by atoms with Crippen LogP contribution in [0.15, 0.2) is 48.5 Å². The van der Waals surface area contributed by atoms with E-state index in [4.69, 9.17) is 0 Å². The molecule has 2 aromatic rings. The van der Waals surface area contributed by atoms with Crippen LogP contribution in [0.2, 0.25) is 0 Å². The minimum atomic E-state index is -5.70. The van der Waals surface area contributed by atoms with Crippen LogP contribution in [-0.4, -0.2) is 30.3 Å². The highest BCUT2D eigenvalue weighted by molar-refractivity contribution is 5.99. The van der Waals surface area contributed by atoms with E-state index >= 15 is 0 Å². The van der Waals surface area contributed by atoms with Gasteiger partial charge in [0, 0.05) is 5.69 Å². The van der Waals surface area contributed by atoms with E-state index in [1.807, 2.05) is 0 Å². The predicted molar refractivity (Wildman–Crippen MR) is 94.4 cm³/mol. The van der Waals surface area contributed by atoms with Gasteiger partial charge >= 0.3 is 24.0 Å². The number of hydrogen-bond donors (Lipinski definition) is 2. The molecule has 5 nitrogen and oxygen atoms in total. The molecule has 12 heteroatoms. The Labute approximate surface area is 171 Å². The number of ether oxygens (including phenoxy) is 1. The highest BCUT2D eigenvalue weighted by Gasteiger charge is 2.64. The fraction of sp³-hybridized carbons (Fsp3) is 0.263. The SMILES string of the molecule is CCOC(=O)[C@@](NC(=O)c1ccccc1F)(Nc1ccccc1C(F)(F)F)C(F)(F)F. The van der Waals surface area contributed by atoms with Crippen LogP contribution in [0, 0.1) is 5.82 Å². The van der Waals surface area contributed by atoms with Gasteiger partial charge in [-0.3, -0.25) is 4.79 Å². The lowest BCUT2D eigenvalue weighted by molar-refractivity contribution is -0.204. The molecule has 0 aliphatic carbocycles. The highest BCUT2D eigenvalue weighted by atomic mass is 19.4. The third-order valence-corrected chi connectivity index (χ3v) is 3.98. The quantitative estimate of drug-likeness (QED) is 0.385. The van der Waals surface area contributed by atoms with Crippen molar-refractivity contribution in [3.05, 3.63) is 65.5 Å². The Morgan fingerprint density at radius 3 is 2.06 bits per heavy atom. The fourth-order valence-corrected chi connectivity index (χ4v) is 2.55. The van der Waals surface area contributed by atoms with Crippen molar-refractivity contribution in [2.45, 2.75) is 24.9 Å². The van der Waals surface area contributed by atoms with Crippen molar-refractivity contribution in [3.63, 3.8) is 0 Å². The van der Waals surface area contributed by atoms with Gasteiger partial charge in [0.1, 0.15) is 5.82 Å². The van der Waals surface area contributed by atoms with E-state index in [-0.39, 0.29) is 0 Å². The minimum Gasteiger partial charge on any atom is -0.463 e. The van der Waals surface area contributed by atoms with Crippen LogP contribution in [0.4, 0.5) is 36.4 Å². The molecule has 0 spiro atoms. The summed E-state index contributed by atoms with van der Waals surface area (Å²) < 4.78 is 100. The third-order valence-electron chi connectivity index (χ3n) is 3.98. The van der Waals surface area contributed by atoms with Gasteiger partial charge in [-0.1, -0.05) is 24.3 Å². The molecule has 0 aliphatic heterocycles. The van der Waals surface area contributed by atoms with Crippen molar-refractivity contribution in [2.75, 3.05) is 11.9 Å². The summed E-state index contributed by atoms with van der Waals surface area (Å²) in [5, 5.41) is 2.72. The molecule has 0 aliphatic rings. The molecule has 2 rings (SSSR count). The second-order valence-corrected chi connectivity index (χ2v) is 6.07. The van der Waals surface area contributed by atoms with Gasteiger partial charge in [0.25, 0.3) is 5.91 Å². The maximum absolute atomic E-state index is 14.1. The zero-order valence-corrected chi connectivity index (χ0v) is 15.7. The lowest BCUT2D eigenvalue weighted by atomic mass is 10.1. The monoisotopic (exact) mass is 452 g/mol. The lowest BCUT2D eigenvalue weighted by Gasteiger charge is -2.36. The molecule has 31 heavy (non-hydrogen) atoms. The summed E-state index contributed by atoms with van der Waals surface area (Å²) in [6.45, 7) is 0.566. The van der Waals surface area contributed by atoms with E-state index in [0.29, 0.717) is 12.1 Å². The minimum absolute atomic E-state index is 0.479. The molecule has 2 N–H and O–H groups in total. The molecular weight excluding hydrogens is 437 g/mol. The Bertz CT molecular complexity index is 960. The van der Waals surface area contributed by atoms with Crippen LogP contribution in [0.5, 0.6) is 0 Å². The summed E-state index contributed by atoms with van der Waals surface area (Å²) in [5.41, 5.74) is -7.71. The van der Waals surface area contributed by atoms with Crippen molar-refractivity contribution < 1.29 is 45.1 Å². The second-order valence-electron chi connectivity index (χ2n) is 6.07. The number of alkyl halides is 6. The van der Waals surface area contributed by atoms with Crippen LogP contribution < -0.4 is 10.6 Å². The number of esters is 1. The average molecular weight is 452 g/mol. The van der Waals surface area contributed by atoms with Crippen LogP contribution in [0.1, 0.15) is 22.8 Å². The number of halogens is 7. The van der Waals surface area contributed by atoms with Gasteiger partial charge in [0.15, 0.2) is 0 Å². The molecule has 1 amide bonds. The lowest BCUT2D eigenvalue weighted by Crippen LogP contribution is -2.69. The van der Waals surface area contributed by atoms with E-state index in [9.17, 15) is 40.3 Å². The smallest absolute Gasteiger partial charge is 0.441 e. The summed E-state index contributed by atoms with van der Waals surface area (Å²) in [4.78, 5) is 24.7. The fourth-order valence-electron chi connectivity index (χ4n) is 2.55. The van der Waals surface area contributed by atoms with Gasteiger partial charge in [-0.15, -0.1) is 0 Å². The first kappa shape index (κ1) is 24.0. The summed E-state index contributed by atoms with van der Waals surface area (Å²) in [5.74, 6) is -5.06. The summed E-state index contributed by atoms with van der Waals surface area (Å²) >= 11 is 0. The first-order chi connectivity index (χ1) is 14.3. The maximum Gasteiger partial charge on any atom is 0.441 e. The largest absolute Gasteiger partial charge is 0.463 e. The van der Waals surface area contributed by atoms with Crippen LogP contribution in [-0.2, 0) is 15.7 Å². The molecule has 0 saturated heterocycles. The van der Waals surface area contributed by atoms with Crippen molar-refractivity contribution in [1.82, 2.24) is 5.32 Å². The van der Waals surface area contributed by atoms with Crippen molar-refractivity contribution >= 4 is 17.6 Å². The Balaban J connectivity index is 2.64.